The fourth-order valence-electron chi connectivity index (χ4n) is 3.58. The predicted octanol–water partition coefficient (Wildman–Crippen LogP) is 2.23. The van der Waals surface area contributed by atoms with E-state index >= 15 is 0 Å². The lowest BCUT2D eigenvalue weighted by atomic mass is 10.1. The van der Waals surface area contributed by atoms with Gasteiger partial charge in [0, 0.05) is 37.3 Å². The zero-order valence-corrected chi connectivity index (χ0v) is 17.4. The number of hydrogen-bond donors (Lipinski definition) is 0. The average Bonchev–Trinajstić information content (AvgIpc) is 2.86. The zero-order valence-electron chi connectivity index (χ0n) is 16.6. The third kappa shape index (κ3) is 4.19. The molecule has 27 heavy (non-hydrogen) atoms. The van der Waals surface area contributed by atoms with Gasteiger partial charge >= 0.3 is 0 Å². The summed E-state index contributed by atoms with van der Waals surface area (Å²) in [4.78, 5) is 35.0. The summed E-state index contributed by atoms with van der Waals surface area (Å²) < 4.78 is 1.91. The summed E-state index contributed by atoms with van der Waals surface area (Å²) in [5.41, 5.74) is 1.55. The molecule has 1 fully saturated rings. The molecule has 1 atom stereocenters. The highest BCUT2D eigenvalue weighted by molar-refractivity contribution is 7.99. The Morgan fingerprint density at radius 2 is 2.15 bits per heavy atom. The van der Waals surface area contributed by atoms with Gasteiger partial charge in [-0.25, -0.2) is 4.98 Å². The number of fused-ring (bicyclic) bond motifs is 1. The average molecular weight is 389 g/mol. The summed E-state index contributed by atoms with van der Waals surface area (Å²) in [5, 5.41) is 0.515. The van der Waals surface area contributed by atoms with E-state index in [0.717, 1.165) is 30.2 Å². The molecule has 6 nitrogen and oxygen atoms in total. The van der Waals surface area contributed by atoms with Crippen molar-refractivity contribution in [1.29, 1.82) is 0 Å². The van der Waals surface area contributed by atoms with Gasteiger partial charge in [0.05, 0.1) is 11.4 Å². The normalized spacial score (nSPS) is 18.1. The molecule has 7 heteroatoms. The minimum absolute atomic E-state index is 0.112. The third-order valence-electron chi connectivity index (χ3n) is 4.91. The number of aromatic nitrogens is 2. The van der Waals surface area contributed by atoms with Crippen LogP contribution in [0, 0.1) is 6.92 Å². The Morgan fingerprint density at radius 1 is 1.37 bits per heavy atom. The topological polar surface area (TPSA) is 58.4 Å². The standard InChI is InChI=1S/C20H28N4O2S/c1-5-23-12-17(18(25)16-8-7-14(2)21-19(16)23)20(26)24-9-6-10-27-13-15(24)11-22(3)4/h7-8,12,15H,5-6,9-11,13H2,1-4H3. The van der Waals surface area contributed by atoms with Crippen molar-refractivity contribution in [2.75, 3.05) is 38.7 Å². The van der Waals surface area contributed by atoms with Gasteiger partial charge in [0.1, 0.15) is 11.2 Å². The van der Waals surface area contributed by atoms with Crippen LogP contribution in [0.5, 0.6) is 0 Å². The molecule has 3 rings (SSSR count). The van der Waals surface area contributed by atoms with Crippen molar-refractivity contribution in [3.8, 4) is 0 Å². The van der Waals surface area contributed by atoms with Gasteiger partial charge in [0.25, 0.3) is 5.91 Å². The first-order chi connectivity index (χ1) is 12.9. The van der Waals surface area contributed by atoms with Crippen LogP contribution in [0.3, 0.4) is 0 Å². The summed E-state index contributed by atoms with van der Waals surface area (Å²) in [6, 6.07) is 3.73. The van der Waals surface area contributed by atoms with Crippen LogP contribution < -0.4 is 5.43 Å². The SMILES string of the molecule is CCn1cc(C(=O)N2CCCSCC2CN(C)C)c(=O)c2ccc(C)nc21. The van der Waals surface area contributed by atoms with Gasteiger partial charge in [0.2, 0.25) is 5.43 Å². The number of carbonyl (C=O) groups excluding carboxylic acids is 1. The van der Waals surface area contributed by atoms with Crippen LogP contribution in [0.15, 0.2) is 23.1 Å². The molecule has 2 aromatic heterocycles. The summed E-state index contributed by atoms with van der Waals surface area (Å²) in [6.45, 7) is 6.06. The number of pyridine rings is 2. The molecule has 146 valence electrons. The first kappa shape index (κ1) is 19.9. The fraction of sp³-hybridized carbons (Fsp3) is 0.550. The highest BCUT2D eigenvalue weighted by atomic mass is 32.2. The molecular weight excluding hydrogens is 360 g/mol. The van der Waals surface area contributed by atoms with Gasteiger partial charge in [-0.2, -0.15) is 11.8 Å². The van der Waals surface area contributed by atoms with Gasteiger partial charge in [0.15, 0.2) is 0 Å². The molecule has 0 aliphatic carbocycles. The van der Waals surface area contributed by atoms with E-state index in [1.165, 1.54) is 0 Å². The lowest BCUT2D eigenvalue weighted by Gasteiger charge is -2.31. The Balaban J connectivity index is 2.07. The van der Waals surface area contributed by atoms with Gasteiger partial charge < -0.3 is 14.4 Å². The van der Waals surface area contributed by atoms with E-state index in [1.807, 2.05) is 55.2 Å². The smallest absolute Gasteiger partial charge is 0.259 e. The molecule has 1 amide bonds. The van der Waals surface area contributed by atoms with E-state index in [1.54, 1.807) is 12.3 Å². The first-order valence-electron chi connectivity index (χ1n) is 9.46. The molecule has 2 aromatic rings. The second-order valence-corrected chi connectivity index (χ2v) is 8.47. The van der Waals surface area contributed by atoms with Crippen LogP contribution in [0.4, 0.5) is 0 Å². The maximum Gasteiger partial charge on any atom is 0.259 e. The molecule has 3 heterocycles. The molecular formula is C20H28N4O2S. The van der Waals surface area contributed by atoms with Gasteiger partial charge in [-0.05, 0) is 52.2 Å². The molecule has 1 aliphatic rings. The van der Waals surface area contributed by atoms with E-state index in [9.17, 15) is 9.59 Å². The Bertz CT molecular complexity index is 893. The van der Waals surface area contributed by atoms with Gasteiger partial charge in [-0.15, -0.1) is 0 Å². The lowest BCUT2D eigenvalue weighted by molar-refractivity contribution is 0.0673. The number of thioether (sulfide) groups is 1. The van der Waals surface area contributed by atoms with E-state index in [4.69, 9.17) is 0 Å². The molecule has 0 radical (unpaired) electrons. The largest absolute Gasteiger partial charge is 0.333 e. The van der Waals surface area contributed by atoms with Crippen molar-refractivity contribution in [1.82, 2.24) is 19.4 Å². The van der Waals surface area contributed by atoms with E-state index in [2.05, 4.69) is 9.88 Å². The maximum absolute atomic E-state index is 13.4. The van der Waals surface area contributed by atoms with Crippen LogP contribution in [-0.4, -0.2) is 70.0 Å². The van der Waals surface area contributed by atoms with Crippen molar-refractivity contribution < 1.29 is 4.79 Å². The highest BCUT2D eigenvalue weighted by Gasteiger charge is 2.29. The number of likely N-dealkylation sites (N-methyl/N-ethyl adjacent to an activating group) is 1. The monoisotopic (exact) mass is 388 g/mol. The van der Waals surface area contributed by atoms with Crippen molar-refractivity contribution in [2.45, 2.75) is 32.9 Å². The number of nitrogens with zero attached hydrogens (tertiary/aromatic N) is 4. The minimum atomic E-state index is -0.215. The maximum atomic E-state index is 13.4. The molecule has 1 unspecified atom stereocenters. The molecule has 0 N–H and O–H groups in total. The number of carbonyl (C=O) groups is 1. The molecule has 0 aromatic carbocycles. The minimum Gasteiger partial charge on any atom is -0.333 e. The lowest BCUT2D eigenvalue weighted by Crippen LogP contribution is -2.47. The summed E-state index contributed by atoms with van der Waals surface area (Å²) in [5.74, 6) is 1.80. The second-order valence-electron chi connectivity index (χ2n) is 7.32. The second kappa shape index (κ2) is 8.44. The van der Waals surface area contributed by atoms with Crippen molar-refractivity contribution in [3.05, 3.63) is 39.8 Å². The molecule has 1 aliphatic heterocycles. The molecule has 0 spiro atoms. The Hall–Kier alpha value is -1.86. The van der Waals surface area contributed by atoms with Gasteiger partial charge in [-0.1, -0.05) is 0 Å². The Kier molecular flexibility index (Phi) is 6.22. The first-order valence-corrected chi connectivity index (χ1v) is 10.6. The predicted molar refractivity (Wildman–Crippen MR) is 112 cm³/mol. The third-order valence-corrected chi connectivity index (χ3v) is 6.10. The van der Waals surface area contributed by atoms with Crippen LogP contribution in [0.25, 0.3) is 11.0 Å². The number of amides is 1. The van der Waals surface area contributed by atoms with E-state index < -0.39 is 0 Å². The van der Waals surface area contributed by atoms with Crippen LogP contribution in [-0.2, 0) is 6.54 Å². The quantitative estimate of drug-likeness (QED) is 0.804. The van der Waals surface area contributed by atoms with E-state index in [-0.39, 0.29) is 22.9 Å². The summed E-state index contributed by atoms with van der Waals surface area (Å²) in [6.07, 6.45) is 2.65. The van der Waals surface area contributed by atoms with Crippen LogP contribution in [0.2, 0.25) is 0 Å². The van der Waals surface area contributed by atoms with Crippen molar-refractivity contribution in [3.63, 3.8) is 0 Å². The Labute approximate surface area is 164 Å². The van der Waals surface area contributed by atoms with E-state index in [0.29, 0.717) is 24.1 Å². The zero-order chi connectivity index (χ0) is 19.6. The fourth-order valence-corrected chi connectivity index (χ4v) is 4.63. The highest BCUT2D eigenvalue weighted by Crippen LogP contribution is 2.20. The van der Waals surface area contributed by atoms with Gasteiger partial charge in [-0.3, -0.25) is 9.59 Å². The number of aryl methyl sites for hydroxylation is 2. The van der Waals surface area contributed by atoms with Crippen molar-refractivity contribution >= 4 is 28.7 Å². The molecule has 0 bridgehead atoms. The molecule has 1 saturated heterocycles. The van der Waals surface area contributed by atoms with Crippen molar-refractivity contribution in [2.24, 2.45) is 0 Å². The number of rotatable bonds is 4. The summed E-state index contributed by atoms with van der Waals surface area (Å²) >= 11 is 1.88. The van der Waals surface area contributed by atoms with Crippen LogP contribution in [0.1, 0.15) is 29.4 Å². The molecule has 0 saturated carbocycles. The van der Waals surface area contributed by atoms with Crippen LogP contribution >= 0.6 is 11.8 Å². The summed E-state index contributed by atoms with van der Waals surface area (Å²) in [7, 11) is 4.04. The number of hydrogen-bond acceptors (Lipinski definition) is 5. The Morgan fingerprint density at radius 3 is 2.85 bits per heavy atom.